The van der Waals surface area contributed by atoms with Crippen LogP contribution >= 0.6 is 11.3 Å². The SMILES string of the molecule is CCc1nc(CN=C(N)N2CCC(C)CC2)cs1. The molecule has 18 heavy (non-hydrogen) atoms. The largest absolute Gasteiger partial charge is 0.370 e. The third kappa shape index (κ3) is 3.45. The van der Waals surface area contributed by atoms with Crippen LogP contribution in [-0.2, 0) is 13.0 Å². The van der Waals surface area contributed by atoms with Crippen molar-refractivity contribution in [2.45, 2.75) is 39.7 Å². The Labute approximate surface area is 113 Å². The van der Waals surface area contributed by atoms with E-state index in [1.807, 2.05) is 0 Å². The summed E-state index contributed by atoms with van der Waals surface area (Å²) in [5, 5.41) is 3.25. The first-order chi connectivity index (χ1) is 8.69. The summed E-state index contributed by atoms with van der Waals surface area (Å²) in [6.45, 7) is 7.09. The molecule has 1 aliphatic heterocycles. The number of thiazole rings is 1. The maximum Gasteiger partial charge on any atom is 0.191 e. The molecular weight excluding hydrogens is 244 g/mol. The second-order valence-electron chi connectivity index (χ2n) is 4.93. The van der Waals surface area contributed by atoms with Gasteiger partial charge in [0.15, 0.2) is 5.96 Å². The summed E-state index contributed by atoms with van der Waals surface area (Å²) < 4.78 is 0. The van der Waals surface area contributed by atoms with E-state index in [0.29, 0.717) is 12.5 Å². The van der Waals surface area contributed by atoms with Crippen LogP contribution in [0.3, 0.4) is 0 Å². The Morgan fingerprint density at radius 2 is 2.28 bits per heavy atom. The lowest BCUT2D eigenvalue weighted by atomic mass is 10.00. The van der Waals surface area contributed by atoms with Gasteiger partial charge in [0.25, 0.3) is 0 Å². The van der Waals surface area contributed by atoms with Gasteiger partial charge in [-0.3, -0.25) is 0 Å². The van der Waals surface area contributed by atoms with Crippen molar-refractivity contribution >= 4 is 17.3 Å². The lowest BCUT2D eigenvalue weighted by molar-refractivity contribution is 0.277. The van der Waals surface area contributed by atoms with E-state index < -0.39 is 0 Å². The van der Waals surface area contributed by atoms with E-state index in [4.69, 9.17) is 5.73 Å². The molecule has 1 aromatic heterocycles. The van der Waals surface area contributed by atoms with Gasteiger partial charge in [-0.1, -0.05) is 13.8 Å². The summed E-state index contributed by atoms with van der Waals surface area (Å²) in [5.41, 5.74) is 7.07. The first-order valence-corrected chi connectivity index (χ1v) is 7.55. The molecule has 0 spiro atoms. The van der Waals surface area contributed by atoms with Crippen molar-refractivity contribution in [2.24, 2.45) is 16.6 Å². The normalized spacial score (nSPS) is 18.3. The fraction of sp³-hybridized carbons (Fsp3) is 0.692. The van der Waals surface area contributed by atoms with Crippen LogP contribution in [0.5, 0.6) is 0 Å². The number of guanidine groups is 1. The molecule has 2 rings (SSSR count). The standard InChI is InChI=1S/C13H22N4S/c1-3-12-16-11(9-18-12)8-15-13(14)17-6-4-10(2)5-7-17/h9-10H,3-8H2,1-2H3,(H2,14,15). The fourth-order valence-corrected chi connectivity index (χ4v) is 2.82. The average Bonchev–Trinajstić information content (AvgIpc) is 2.85. The van der Waals surface area contributed by atoms with Crippen LogP contribution in [0, 0.1) is 5.92 Å². The van der Waals surface area contributed by atoms with Gasteiger partial charge in [0.05, 0.1) is 17.2 Å². The highest BCUT2D eigenvalue weighted by Crippen LogP contribution is 2.16. The fourth-order valence-electron chi connectivity index (χ4n) is 2.08. The summed E-state index contributed by atoms with van der Waals surface area (Å²) in [7, 11) is 0. The van der Waals surface area contributed by atoms with E-state index in [2.05, 4.69) is 34.1 Å². The van der Waals surface area contributed by atoms with E-state index in [0.717, 1.165) is 31.1 Å². The zero-order valence-corrected chi connectivity index (χ0v) is 12.0. The van der Waals surface area contributed by atoms with Crippen LogP contribution in [0.4, 0.5) is 0 Å². The predicted octanol–water partition coefficient (Wildman–Crippen LogP) is 2.25. The minimum Gasteiger partial charge on any atom is -0.370 e. The van der Waals surface area contributed by atoms with E-state index >= 15 is 0 Å². The number of aliphatic imine (C=N–C) groups is 1. The Kier molecular flexibility index (Phi) is 4.58. The van der Waals surface area contributed by atoms with Crippen LogP contribution < -0.4 is 5.73 Å². The van der Waals surface area contributed by atoms with E-state index in [9.17, 15) is 0 Å². The van der Waals surface area contributed by atoms with Crippen LogP contribution in [0.25, 0.3) is 0 Å². The molecule has 1 aromatic rings. The van der Waals surface area contributed by atoms with E-state index in [1.54, 1.807) is 11.3 Å². The number of hydrogen-bond donors (Lipinski definition) is 1. The van der Waals surface area contributed by atoms with Crippen molar-refractivity contribution in [3.05, 3.63) is 16.1 Å². The molecule has 2 heterocycles. The van der Waals surface area contributed by atoms with Crippen LogP contribution in [0.2, 0.25) is 0 Å². The first-order valence-electron chi connectivity index (χ1n) is 6.67. The van der Waals surface area contributed by atoms with Gasteiger partial charge < -0.3 is 10.6 Å². The molecular formula is C13H22N4S. The van der Waals surface area contributed by atoms with Gasteiger partial charge in [0.1, 0.15) is 0 Å². The van der Waals surface area contributed by atoms with Gasteiger partial charge in [0, 0.05) is 18.5 Å². The molecule has 0 atom stereocenters. The van der Waals surface area contributed by atoms with Gasteiger partial charge in [-0.05, 0) is 25.2 Å². The zero-order valence-electron chi connectivity index (χ0n) is 11.2. The molecule has 0 saturated carbocycles. The monoisotopic (exact) mass is 266 g/mol. The first kappa shape index (κ1) is 13.3. The van der Waals surface area contributed by atoms with Gasteiger partial charge >= 0.3 is 0 Å². The summed E-state index contributed by atoms with van der Waals surface area (Å²) in [6, 6.07) is 0. The minimum atomic E-state index is 0.606. The Morgan fingerprint density at radius 1 is 1.56 bits per heavy atom. The van der Waals surface area contributed by atoms with Gasteiger partial charge in [0.2, 0.25) is 0 Å². The molecule has 5 heteroatoms. The number of aromatic nitrogens is 1. The van der Waals surface area contributed by atoms with Crippen molar-refractivity contribution < 1.29 is 0 Å². The number of piperidine rings is 1. The maximum atomic E-state index is 6.03. The van der Waals surface area contributed by atoms with Crippen molar-refractivity contribution in [2.75, 3.05) is 13.1 Å². The summed E-state index contributed by atoms with van der Waals surface area (Å²) >= 11 is 1.70. The summed E-state index contributed by atoms with van der Waals surface area (Å²) in [4.78, 5) is 11.1. The lowest BCUT2D eigenvalue weighted by Crippen LogP contribution is -2.42. The highest BCUT2D eigenvalue weighted by Gasteiger charge is 2.16. The van der Waals surface area contributed by atoms with Gasteiger partial charge in [-0.2, -0.15) is 0 Å². The minimum absolute atomic E-state index is 0.606. The number of nitrogens with zero attached hydrogens (tertiary/aromatic N) is 3. The molecule has 0 aromatic carbocycles. The van der Waals surface area contributed by atoms with Crippen molar-refractivity contribution in [1.82, 2.24) is 9.88 Å². The molecule has 1 fully saturated rings. The number of rotatable bonds is 3. The Hall–Kier alpha value is -1.10. The quantitative estimate of drug-likeness (QED) is 0.674. The molecule has 0 amide bonds. The van der Waals surface area contributed by atoms with Crippen molar-refractivity contribution in [1.29, 1.82) is 0 Å². The summed E-state index contributed by atoms with van der Waals surface area (Å²) in [6.07, 6.45) is 3.42. The van der Waals surface area contributed by atoms with Gasteiger partial charge in [-0.15, -0.1) is 11.3 Å². The van der Waals surface area contributed by atoms with Crippen molar-refractivity contribution in [3.63, 3.8) is 0 Å². The van der Waals surface area contributed by atoms with E-state index in [1.165, 1.54) is 17.8 Å². The van der Waals surface area contributed by atoms with Crippen molar-refractivity contribution in [3.8, 4) is 0 Å². The van der Waals surface area contributed by atoms with Crippen LogP contribution in [0.15, 0.2) is 10.4 Å². The predicted molar refractivity (Wildman–Crippen MR) is 76.8 cm³/mol. The molecule has 0 aliphatic carbocycles. The summed E-state index contributed by atoms with van der Waals surface area (Å²) in [5.74, 6) is 1.49. The third-order valence-corrected chi connectivity index (χ3v) is 4.45. The topological polar surface area (TPSA) is 54.5 Å². The number of hydrogen-bond acceptors (Lipinski definition) is 3. The van der Waals surface area contributed by atoms with E-state index in [-0.39, 0.29) is 0 Å². The second-order valence-corrected chi connectivity index (χ2v) is 5.87. The van der Waals surface area contributed by atoms with Crippen LogP contribution in [-0.4, -0.2) is 28.9 Å². The average molecular weight is 266 g/mol. The molecule has 4 nitrogen and oxygen atoms in total. The Morgan fingerprint density at radius 3 is 2.89 bits per heavy atom. The zero-order chi connectivity index (χ0) is 13.0. The number of likely N-dealkylation sites (tertiary alicyclic amines) is 1. The smallest absolute Gasteiger partial charge is 0.191 e. The molecule has 1 saturated heterocycles. The molecule has 0 radical (unpaired) electrons. The second kappa shape index (κ2) is 6.18. The molecule has 1 aliphatic rings. The highest BCUT2D eigenvalue weighted by molar-refractivity contribution is 7.09. The highest BCUT2D eigenvalue weighted by atomic mass is 32.1. The third-order valence-electron chi connectivity index (χ3n) is 3.41. The molecule has 100 valence electrons. The van der Waals surface area contributed by atoms with Gasteiger partial charge in [-0.25, -0.2) is 9.98 Å². The molecule has 2 N–H and O–H groups in total. The lowest BCUT2D eigenvalue weighted by Gasteiger charge is -2.30. The molecule has 0 bridgehead atoms. The Bertz CT molecular complexity index is 405. The van der Waals surface area contributed by atoms with Crippen LogP contribution in [0.1, 0.15) is 37.4 Å². The molecule has 0 unspecified atom stereocenters. The maximum absolute atomic E-state index is 6.03. The number of nitrogens with two attached hydrogens (primary N) is 1. The Balaban J connectivity index is 1.88. The number of aryl methyl sites for hydroxylation is 1.